The van der Waals surface area contributed by atoms with Crippen molar-refractivity contribution in [1.29, 1.82) is 0 Å². The molecule has 0 bridgehead atoms. The Labute approximate surface area is 158 Å². The topological polar surface area (TPSA) is 67.9 Å². The van der Waals surface area contributed by atoms with Crippen molar-refractivity contribution in [3.63, 3.8) is 0 Å². The van der Waals surface area contributed by atoms with Crippen molar-refractivity contribution in [3.8, 4) is 11.5 Å². The summed E-state index contributed by atoms with van der Waals surface area (Å²) in [5.74, 6) is 1.23. The van der Waals surface area contributed by atoms with Crippen LogP contribution in [-0.2, 0) is 22.6 Å². The van der Waals surface area contributed by atoms with Crippen molar-refractivity contribution < 1.29 is 19.1 Å². The molecule has 0 aliphatic carbocycles. The smallest absolute Gasteiger partial charge is 0.247 e. The molecular weight excluding hydrogens is 344 g/mol. The Balaban J connectivity index is 1.46. The first-order valence-corrected chi connectivity index (χ1v) is 9.22. The van der Waals surface area contributed by atoms with E-state index < -0.39 is 6.04 Å². The summed E-state index contributed by atoms with van der Waals surface area (Å²) in [7, 11) is 0. The highest BCUT2D eigenvalue weighted by atomic mass is 16.7. The van der Waals surface area contributed by atoms with Crippen LogP contribution < -0.4 is 14.8 Å². The predicted octanol–water partition coefficient (Wildman–Crippen LogP) is 3.11. The van der Waals surface area contributed by atoms with E-state index in [9.17, 15) is 9.59 Å². The van der Waals surface area contributed by atoms with Crippen LogP contribution in [0.5, 0.6) is 11.5 Å². The van der Waals surface area contributed by atoms with Gasteiger partial charge in [-0.25, -0.2) is 0 Å². The van der Waals surface area contributed by atoms with Gasteiger partial charge in [-0.1, -0.05) is 25.1 Å². The third-order valence-electron chi connectivity index (χ3n) is 5.05. The van der Waals surface area contributed by atoms with Crippen molar-refractivity contribution in [3.05, 3.63) is 53.6 Å². The van der Waals surface area contributed by atoms with Crippen LogP contribution in [0.4, 0.5) is 5.69 Å². The molecule has 0 radical (unpaired) electrons. The lowest BCUT2D eigenvalue weighted by Gasteiger charge is -2.24. The summed E-state index contributed by atoms with van der Waals surface area (Å²) in [6, 6.07) is 12.9. The number of aryl methyl sites for hydroxylation is 1. The zero-order chi connectivity index (χ0) is 18.8. The van der Waals surface area contributed by atoms with Crippen LogP contribution in [-0.4, -0.2) is 29.5 Å². The van der Waals surface area contributed by atoms with Gasteiger partial charge in [0.1, 0.15) is 6.04 Å². The van der Waals surface area contributed by atoms with Gasteiger partial charge >= 0.3 is 0 Å². The number of ether oxygens (including phenoxy) is 2. The van der Waals surface area contributed by atoms with Crippen molar-refractivity contribution in [2.75, 3.05) is 12.1 Å². The molecule has 2 aliphatic rings. The zero-order valence-corrected chi connectivity index (χ0v) is 15.2. The summed E-state index contributed by atoms with van der Waals surface area (Å²) < 4.78 is 10.7. The van der Waals surface area contributed by atoms with E-state index in [1.807, 2.05) is 42.5 Å². The van der Waals surface area contributed by atoms with Crippen LogP contribution in [0.15, 0.2) is 42.5 Å². The fraction of sp³-hybridized carbons (Fsp3) is 0.333. The van der Waals surface area contributed by atoms with Gasteiger partial charge in [0.2, 0.25) is 18.6 Å². The summed E-state index contributed by atoms with van der Waals surface area (Å²) in [6.07, 6.45) is 1.87. The quantitative estimate of drug-likeness (QED) is 0.883. The van der Waals surface area contributed by atoms with Crippen LogP contribution in [0, 0.1) is 0 Å². The van der Waals surface area contributed by atoms with Crippen molar-refractivity contribution in [1.82, 2.24) is 4.90 Å². The lowest BCUT2D eigenvalue weighted by molar-refractivity contribution is -0.133. The van der Waals surface area contributed by atoms with Gasteiger partial charge in [0.15, 0.2) is 11.5 Å². The lowest BCUT2D eigenvalue weighted by Crippen LogP contribution is -2.41. The molecule has 140 valence electrons. The highest BCUT2D eigenvalue weighted by molar-refractivity contribution is 5.99. The molecule has 2 aromatic carbocycles. The Kier molecular flexibility index (Phi) is 4.71. The van der Waals surface area contributed by atoms with E-state index >= 15 is 0 Å². The van der Waals surface area contributed by atoms with Crippen molar-refractivity contribution >= 4 is 17.5 Å². The van der Waals surface area contributed by atoms with Crippen LogP contribution in [0.2, 0.25) is 0 Å². The third kappa shape index (κ3) is 3.60. The molecule has 6 nitrogen and oxygen atoms in total. The van der Waals surface area contributed by atoms with Gasteiger partial charge in [-0.15, -0.1) is 0 Å². The van der Waals surface area contributed by atoms with Gasteiger partial charge in [0.25, 0.3) is 0 Å². The molecule has 2 aliphatic heterocycles. The second-order valence-corrected chi connectivity index (χ2v) is 6.80. The largest absolute Gasteiger partial charge is 0.454 e. The summed E-state index contributed by atoms with van der Waals surface area (Å²) in [6.45, 7) is 2.68. The second kappa shape index (κ2) is 7.31. The molecule has 0 saturated carbocycles. The summed E-state index contributed by atoms with van der Waals surface area (Å²) in [5, 5.41) is 2.94. The van der Waals surface area contributed by atoms with Gasteiger partial charge in [0, 0.05) is 18.7 Å². The van der Waals surface area contributed by atoms with E-state index in [2.05, 4.69) is 12.2 Å². The average Bonchev–Trinajstić information content (AvgIpc) is 3.29. The van der Waals surface area contributed by atoms with Crippen molar-refractivity contribution in [2.45, 2.75) is 38.8 Å². The van der Waals surface area contributed by atoms with Crippen LogP contribution >= 0.6 is 0 Å². The highest BCUT2D eigenvalue weighted by Gasteiger charge is 2.36. The monoisotopic (exact) mass is 366 g/mol. The Morgan fingerprint density at radius 1 is 1.11 bits per heavy atom. The number of benzene rings is 2. The molecule has 6 heteroatoms. The van der Waals surface area contributed by atoms with Crippen LogP contribution in [0.25, 0.3) is 0 Å². The van der Waals surface area contributed by atoms with Gasteiger partial charge < -0.3 is 19.7 Å². The first kappa shape index (κ1) is 17.4. The minimum Gasteiger partial charge on any atom is -0.454 e. The maximum Gasteiger partial charge on any atom is 0.247 e. The van der Waals surface area contributed by atoms with Gasteiger partial charge in [-0.05, 0) is 48.2 Å². The molecule has 4 rings (SSSR count). The van der Waals surface area contributed by atoms with E-state index in [0.29, 0.717) is 30.9 Å². The summed E-state index contributed by atoms with van der Waals surface area (Å²) >= 11 is 0. The first-order chi connectivity index (χ1) is 13.1. The molecule has 1 atom stereocenters. The van der Waals surface area contributed by atoms with E-state index in [1.54, 1.807) is 4.90 Å². The molecule has 0 aromatic heterocycles. The normalized spacial score (nSPS) is 18.0. The molecule has 0 spiro atoms. The van der Waals surface area contributed by atoms with Crippen LogP contribution in [0.1, 0.15) is 30.9 Å². The SMILES string of the molecule is CCc1ccc(NC(=O)C2CCC(=O)N2Cc2ccc3c(c2)OCO3)cc1. The van der Waals surface area contributed by atoms with E-state index in [0.717, 1.165) is 17.7 Å². The summed E-state index contributed by atoms with van der Waals surface area (Å²) in [4.78, 5) is 26.8. The number of nitrogens with zero attached hydrogens (tertiary/aromatic N) is 1. The third-order valence-corrected chi connectivity index (χ3v) is 5.05. The van der Waals surface area contributed by atoms with Gasteiger partial charge in [-0.3, -0.25) is 9.59 Å². The fourth-order valence-electron chi connectivity index (χ4n) is 3.49. The number of likely N-dealkylation sites (tertiary alicyclic amines) is 1. The summed E-state index contributed by atoms with van der Waals surface area (Å²) in [5.41, 5.74) is 2.88. The standard InChI is InChI=1S/C21H22N2O4/c1-2-14-3-6-16(7-4-14)22-21(25)17-8-10-20(24)23(17)12-15-5-9-18-19(11-15)27-13-26-18/h3-7,9,11,17H,2,8,10,12-13H2,1H3,(H,22,25). The molecule has 2 heterocycles. The maximum atomic E-state index is 12.8. The molecular formula is C21H22N2O4. The Bertz CT molecular complexity index is 863. The minimum absolute atomic E-state index is 0.00542. The molecule has 2 aromatic rings. The molecule has 2 amide bonds. The Morgan fingerprint density at radius 2 is 1.85 bits per heavy atom. The van der Waals surface area contributed by atoms with E-state index in [-0.39, 0.29) is 18.6 Å². The molecule has 27 heavy (non-hydrogen) atoms. The fourth-order valence-corrected chi connectivity index (χ4v) is 3.49. The average molecular weight is 366 g/mol. The number of hydrogen-bond donors (Lipinski definition) is 1. The van der Waals surface area contributed by atoms with Gasteiger partial charge in [0.05, 0.1) is 0 Å². The van der Waals surface area contributed by atoms with Gasteiger partial charge in [-0.2, -0.15) is 0 Å². The molecule has 1 saturated heterocycles. The molecule has 1 unspecified atom stereocenters. The molecule has 1 N–H and O–H groups in total. The second-order valence-electron chi connectivity index (χ2n) is 6.80. The predicted molar refractivity (Wildman–Crippen MR) is 101 cm³/mol. The number of rotatable bonds is 5. The highest BCUT2D eigenvalue weighted by Crippen LogP contribution is 2.33. The maximum absolute atomic E-state index is 12.8. The Morgan fingerprint density at radius 3 is 2.63 bits per heavy atom. The number of fused-ring (bicyclic) bond motifs is 1. The lowest BCUT2D eigenvalue weighted by atomic mass is 10.1. The number of carbonyl (C=O) groups excluding carboxylic acids is 2. The number of amides is 2. The van der Waals surface area contributed by atoms with E-state index in [1.165, 1.54) is 5.56 Å². The number of carbonyl (C=O) groups is 2. The number of hydrogen-bond acceptors (Lipinski definition) is 4. The first-order valence-electron chi connectivity index (χ1n) is 9.22. The number of anilines is 1. The number of nitrogens with one attached hydrogen (secondary N) is 1. The van der Waals surface area contributed by atoms with E-state index in [4.69, 9.17) is 9.47 Å². The molecule has 1 fully saturated rings. The Hall–Kier alpha value is -3.02. The zero-order valence-electron chi connectivity index (χ0n) is 15.2. The minimum atomic E-state index is -0.464. The van der Waals surface area contributed by atoms with Crippen LogP contribution in [0.3, 0.4) is 0 Å². The van der Waals surface area contributed by atoms with Crippen molar-refractivity contribution in [2.24, 2.45) is 0 Å².